The highest BCUT2D eigenvalue weighted by Crippen LogP contribution is 2.28. The fraction of sp³-hybridized carbons (Fsp3) is 0.462. The summed E-state index contributed by atoms with van der Waals surface area (Å²) in [6, 6.07) is 7.88. The van der Waals surface area contributed by atoms with Crippen molar-refractivity contribution in [1.82, 2.24) is 0 Å². The van der Waals surface area contributed by atoms with E-state index in [1.807, 2.05) is 18.2 Å². The van der Waals surface area contributed by atoms with Gasteiger partial charge in [0, 0.05) is 19.1 Å². The number of anilines is 1. The number of methoxy groups -OCH3 is 1. The molecule has 0 saturated carbocycles. The Kier molecular flexibility index (Phi) is 3.64. The number of carbonyl (C=O) groups excluding carboxylic acids is 1. The van der Waals surface area contributed by atoms with Crippen LogP contribution in [-0.2, 0) is 4.74 Å². The number of esters is 1. The van der Waals surface area contributed by atoms with Crippen LogP contribution in [0.25, 0.3) is 0 Å². The molecule has 0 amide bonds. The number of nitrogens with two attached hydrogens (primary N) is 1. The molecule has 1 aliphatic rings. The number of hydrogen-bond acceptors (Lipinski definition) is 4. The first-order chi connectivity index (χ1) is 8.27. The highest BCUT2D eigenvalue weighted by Gasteiger charge is 2.26. The standard InChI is InChI=1S/C13H18N2O2/c1-17-13(16)11-6-2-3-7-12(11)15-8-4-5-10(15)9-14/h2-3,6-7,10H,4-5,8-9,14H2,1H3. The van der Waals surface area contributed by atoms with Gasteiger partial charge in [-0.05, 0) is 25.0 Å². The molecule has 92 valence electrons. The first kappa shape index (κ1) is 11.9. The second-order valence-corrected chi connectivity index (χ2v) is 4.23. The Morgan fingerprint density at radius 2 is 2.29 bits per heavy atom. The predicted molar refractivity (Wildman–Crippen MR) is 67.2 cm³/mol. The van der Waals surface area contributed by atoms with Crippen LogP contribution in [0.4, 0.5) is 5.69 Å². The van der Waals surface area contributed by atoms with E-state index < -0.39 is 0 Å². The summed E-state index contributed by atoms with van der Waals surface area (Å²) in [6.07, 6.45) is 2.21. The molecule has 0 aromatic heterocycles. The van der Waals surface area contributed by atoms with E-state index in [0.717, 1.165) is 25.1 Å². The SMILES string of the molecule is COC(=O)c1ccccc1N1CCCC1CN. The van der Waals surface area contributed by atoms with Crippen molar-refractivity contribution < 1.29 is 9.53 Å². The van der Waals surface area contributed by atoms with E-state index in [-0.39, 0.29) is 5.97 Å². The van der Waals surface area contributed by atoms with Crippen LogP contribution in [0.2, 0.25) is 0 Å². The molecule has 17 heavy (non-hydrogen) atoms. The first-order valence-corrected chi connectivity index (χ1v) is 5.92. The lowest BCUT2D eigenvalue weighted by atomic mass is 10.1. The topological polar surface area (TPSA) is 55.6 Å². The quantitative estimate of drug-likeness (QED) is 0.803. The van der Waals surface area contributed by atoms with Crippen molar-refractivity contribution in [3.05, 3.63) is 29.8 Å². The fourth-order valence-corrected chi connectivity index (χ4v) is 2.40. The van der Waals surface area contributed by atoms with Gasteiger partial charge in [-0.1, -0.05) is 12.1 Å². The average Bonchev–Trinajstić information content (AvgIpc) is 2.86. The molecule has 2 rings (SSSR count). The number of nitrogens with zero attached hydrogens (tertiary/aromatic N) is 1. The van der Waals surface area contributed by atoms with Gasteiger partial charge in [-0.15, -0.1) is 0 Å². The number of para-hydroxylation sites is 1. The van der Waals surface area contributed by atoms with Gasteiger partial charge >= 0.3 is 5.97 Å². The molecule has 1 unspecified atom stereocenters. The summed E-state index contributed by atoms with van der Waals surface area (Å²) in [6.45, 7) is 1.57. The van der Waals surface area contributed by atoms with E-state index in [9.17, 15) is 4.79 Å². The van der Waals surface area contributed by atoms with E-state index in [4.69, 9.17) is 10.5 Å². The van der Waals surface area contributed by atoms with Gasteiger partial charge < -0.3 is 15.4 Å². The lowest BCUT2D eigenvalue weighted by Crippen LogP contribution is -2.36. The first-order valence-electron chi connectivity index (χ1n) is 5.92. The van der Waals surface area contributed by atoms with Crippen LogP contribution in [0.15, 0.2) is 24.3 Å². The van der Waals surface area contributed by atoms with Crippen molar-refractivity contribution in [2.24, 2.45) is 5.73 Å². The highest BCUT2D eigenvalue weighted by molar-refractivity contribution is 5.95. The van der Waals surface area contributed by atoms with E-state index in [2.05, 4.69) is 4.90 Å². The predicted octanol–water partition coefficient (Wildman–Crippen LogP) is 1.40. The molecule has 1 atom stereocenters. The van der Waals surface area contributed by atoms with Crippen LogP contribution in [0, 0.1) is 0 Å². The monoisotopic (exact) mass is 234 g/mol. The summed E-state index contributed by atoms with van der Waals surface area (Å²) < 4.78 is 4.81. The molecule has 0 radical (unpaired) electrons. The van der Waals surface area contributed by atoms with Gasteiger partial charge in [0.2, 0.25) is 0 Å². The third-order valence-electron chi connectivity index (χ3n) is 3.27. The maximum absolute atomic E-state index is 11.7. The van der Waals surface area contributed by atoms with Gasteiger partial charge in [0.25, 0.3) is 0 Å². The summed E-state index contributed by atoms with van der Waals surface area (Å²) in [4.78, 5) is 13.9. The molecule has 2 N–H and O–H groups in total. The van der Waals surface area contributed by atoms with Crippen LogP contribution in [-0.4, -0.2) is 32.2 Å². The van der Waals surface area contributed by atoms with E-state index >= 15 is 0 Å². The van der Waals surface area contributed by atoms with Gasteiger partial charge in [0.1, 0.15) is 0 Å². The summed E-state index contributed by atoms with van der Waals surface area (Å²) in [5.41, 5.74) is 7.32. The van der Waals surface area contributed by atoms with Crippen LogP contribution in [0.5, 0.6) is 0 Å². The number of hydrogen-bond donors (Lipinski definition) is 1. The summed E-state index contributed by atoms with van der Waals surface area (Å²) in [5, 5.41) is 0. The molecule has 1 aromatic rings. The molecule has 0 spiro atoms. The largest absolute Gasteiger partial charge is 0.465 e. The van der Waals surface area contributed by atoms with Crippen molar-refractivity contribution >= 4 is 11.7 Å². The van der Waals surface area contributed by atoms with Crippen molar-refractivity contribution in [2.45, 2.75) is 18.9 Å². The zero-order chi connectivity index (χ0) is 12.3. The van der Waals surface area contributed by atoms with E-state index in [0.29, 0.717) is 18.2 Å². The normalized spacial score (nSPS) is 19.4. The molecule has 4 nitrogen and oxygen atoms in total. The lowest BCUT2D eigenvalue weighted by Gasteiger charge is -2.27. The Bertz CT molecular complexity index is 406. The second-order valence-electron chi connectivity index (χ2n) is 4.23. The van der Waals surface area contributed by atoms with Crippen LogP contribution in [0.3, 0.4) is 0 Å². The van der Waals surface area contributed by atoms with E-state index in [1.165, 1.54) is 7.11 Å². The fourth-order valence-electron chi connectivity index (χ4n) is 2.40. The van der Waals surface area contributed by atoms with Crippen molar-refractivity contribution in [1.29, 1.82) is 0 Å². The second kappa shape index (κ2) is 5.19. The molecule has 1 aliphatic heterocycles. The third kappa shape index (κ3) is 2.26. The van der Waals surface area contributed by atoms with Crippen molar-refractivity contribution in [3.63, 3.8) is 0 Å². The maximum atomic E-state index is 11.7. The molecular weight excluding hydrogens is 216 g/mol. The highest BCUT2D eigenvalue weighted by atomic mass is 16.5. The van der Waals surface area contributed by atoms with Crippen LogP contribution in [0.1, 0.15) is 23.2 Å². The van der Waals surface area contributed by atoms with Gasteiger partial charge in [0.15, 0.2) is 0 Å². The Hall–Kier alpha value is -1.55. The Morgan fingerprint density at radius 1 is 1.53 bits per heavy atom. The lowest BCUT2D eigenvalue weighted by molar-refractivity contribution is 0.0601. The molecule has 1 aromatic carbocycles. The molecule has 4 heteroatoms. The zero-order valence-corrected chi connectivity index (χ0v) is 10.1. The molecule has 0 bridgehead atoms. The Balaban J connectivity index is 2.34. The zero-order valence-electron chi connectivity index (χ0n) is 10.1. The van der Waals surface area contributed by atoms with E-state index in [1.54, 1.807) is 6.07 Å². The van der Waals surface area contributed by atoms with Crippen LogP contribution >= 0.6 is 0 Å². The van der Waals surface area contributed by atoms with Gasteiger partial charge in [-0.25, -0.2) is 4.79 Å². The molecule has 1 heterocycles. The minimum atomic E-state index is -0.289. The summed E-state index contributed by atoms with van der Waals surface area (Å²) in [7, 11) is 1.41. The summed E-state index contributed by atoms with van der Waals surface area (Å²) in [5.74, 6) is -0.289. The van der Waals surface area contributed by atoms with Gasteiger partial charge in [0.05, 0.1) is 18.4 Å². The molecular formula is C13H18N2O2. The minimum Gasteiger partial charge on any atom is -0.465 e. The number of rotatable bonds is 3. The van der Waals surface area contributed by atoms with Crippen molar-refractivity contribution in [2.75, 3.05) is 25.1 Å². The van der Waals surface area contributed by atoms with Crippen molar-refractivity contribution in [3.8, 4) is 0 Å². The van der Waals surface area contributed by atoms with Gasteiger partial charge in [-0.2, -0.15) is 0 Å². The Morgan fingerprint density at radius 3 is 3.00 bits per heavy atom. The maximum Gasteiger partial charge on any atom is 0.339 e. The van der Waals surface area contributed by atoms with Gasteiger partial charge in [-0.3, -0.25) is 0 Å². The molecule has 0 aliphatic carbocycles. The number of benzene rings is 1. The minimum absolute atomic E-state index is 0.289. The number of ether oxygens (including phenoxy) is 1. The average molecular weight is 234 g/mol. The smallest absolute Gasteiger partial charge is 0.339 e. The molecule has 1 saturated heterocycles. The number of carbonyl (C=O) groups is 1. The Labute approximate surface area is 101 Å². The third-order valence-corrected chi connectivity index (χ3v) is 3.27. The summed E-state index contributed by atoms with van der Waals surface area (Å²) >= 11 is 0. The van der Waals surface area contributed by atoms with Crippen LogP contribution < -0.4 is 10.6 Å². The molecule has 1 fully saturated rings.